The molecule has 140 valence electrons. The third-order valence-corrected chi connectivity index (χ3v) is 5.46. The van der Waals surface area contributed by atoms with Gasteiger partial charge in [-0.3, -0.25) is 19.3 Å². The van der Waals surface area contributed by atoms with Gasteiger partial charge in [0.25, 0.3) is 11.8 Å². The van der Waals surface area contributed by atoms with Gasteiger partial charge in [-0.15, -0.1) is 11.3 Å². The average molecular weight is 432 g/mol. The Morgan fingerprint density at radius 2 is 1.71 bits per heavy atom. The van der Waals surface area contributed by atoms with Gasteiger partial charge in [0.1, 0.15) is 6.54 Å². The van der Waals surface area contributed by atoms with Crippen LogP contribution in [0, 0.1) is 0 Å². The number of halogens is 2. The van der Waals surface area contributed by atoms with Crippen LogP contribution in [0.4, 0.5) is 5.13 Å². The number of rotatable bonds is 4. The molecule has 0 saturated heterocycles. The summed E-state index contributed by atoms with van der Waals surface area (Å²) >= 11 is 13.4. The summed E-state index contributed by atoms with van der Waals surface area (Å²) in [5, 5.41) is 5.67. The number of imide groups is 1. The Labute approximate surface area is 173 Å². The Kier molecular flexibility index (Phi) is 4.89. The quantitative estimate of drug-likeness (QED) is 0.622. The fourth-order valence-corrected chi connectivity index (χ4v) is 3.95. The van der Waals surface area contributed by atoms with Gasteiger partial charge >= 0.3 is 0 Å². The van der Waals surface area contributed by atoms with E-state index in [1.54, 1.807) is 47.8 Å². The predicted molar refractivity (Wildman–Crippen MR) is 108 cm³/mol. The molecule has 2 aromatic carbocycles. The summed E-state index contributed by atoms with van der Waals surface area (Å²) in [5.41, 5.74) is 1.81. The number of hydrogen-bond acceptors (Lipinski definition) is 5. The first kappa shape index (κ1) is 18.6. The van der Waals surface area contributed by atoms with Gasteiger partial charge in [0.05, 0.1) is 21.8 Å². The number of fused-ring (bicyclic) bond motifs is 1. The van der Waals surface area contributed by atoms with E-state index in [1.807, 2.05) is 0 Å². The number of hydrogen-bond donors (Lipinski definition) is 1. The lowest BCUT2D eigenvalue weighted by molar-refractivity contribution is -0.116. The van der Waals surface area contributed by atoms with Gasteiger partial charge in [-0.25, -0.2) is 4.98 Å². The van der Waals surface area contributed by atoms with E-state index in [4.69, 9.17) is 23.2 Å². The molecular formula is C19H11Cl2N3O3S. The first-order valence-electron chi connectivity index (χ1n) is 8.10. The van der Waals surface area contributed by atoms with Crippen molar-refractivity contribution in [3.8, 4) is 11.3 Å². The van der Waals surface area contributed by atoms with Crippen molar-refractivity contribution in [1.82, 2.24) is 9.88 Å². The van der Waals surface area contributed by atoms with Crippen molar-refractivity contribution in [2.45, 2.75) is 0 Å². The van der Waals surface area contributed by atoms with E-state index in [0.29, 0.717) is 37.6 Å². The second-order valence-electron chi connectivity index (χ2n) is 5.95. The number of anilines is 1. The van der Waals surface area contributed by atoms with Crippen molar-refractivity contribution < 1.29 is 14.4 Å². The molecular weight excluding hydrogens is 421 g/mol. The molecule has 0 atom stereocenters. The Balaban J connectivity index is 1.47. The van der Waals surface area contributed by atoms with Crippen LogP contribution in [0.1, 0.15) is 20.7 Å². The molecule has 1 aliphatic heterocycles. The fraction of sp³-hybridized carbons (Fsp3) is 0.0526. The molecule has 3 aromatic rings. The molecule has 2 heterocycles. The van der Waals surface area contributed by atoms with Crippen LogP contribution in [-0.2, 0) is 4.79 Å². The molecule has 1 aromatic heterocycles. The summed E-state index contributed by atoms with van der Waals surface area (Å²) in [6, 6.07) is 11.5. The number of amides is 3. The van der Waals surface area contributed by atoms with Gasteiger partial charge in [-0.1, -0.05) is 35.3 Å². The van der Waals surface area contributed by atoms with Gasteiger partial charge in [0, 0.05) is 16.0 Å². The van der Waals surface area contributed by atoms with Crippen LogP contribution in [0.25, 0.3) is 11.3 Å². The van der Waals surface area contributed by atoms with Crippen molar-refractivity contribution in [3.63, 3.8) is 0 Å². The maximum atomic E-state index is 12.3. The summed E-state index contributed by atoms with van der Waals surface area (Å²) in [6.45, 7) is -0.390. The van der Waals surface area contributed by atoms with E-state index in [2.05, 4.69) is 10.3 Å². The van der Waals surface area contributed by atoms with Crippen LogP contribution in [0.2, 0.25) is 10.0 Å². The van der Waals surface area contributed by atoms with Crippen LogP contribution in [0.15, 0.2) is 47.8 Å². The largest absolute Gasteiger partial charge is 0.300 e. The SMILES string of the molecule is O=C(CN1C(=O)c2ccccc2C1=O)Nc1nc(-c2cc(Cl)ccc2Cl)cs1. The van der Waals surface area contributed by atoms with Crippen LogP contribution in [0.3, 0.4) is 0 Å². The molecule has 3 amide bonds. The van der Waals surface area contributed by atoms with E-state index < -0.39 is 17.7 Å². The van der Waals surface area contributed by atoms with E-state index >= 15 is 0 Å². The van der Waals surface area contributed by atoms with Gasteiger partial charge in [0.15, 0.2) is 5.13 Å². The number of aromatic nitrogens is 1. The number of benzene rings is 2. The van der Waals surface area contributed by atoms with E-state index in [1.165, 1.54) is 11.3 Å². The molecule has 0 unspecified atom stereocenters. The van der Waals surface area contributed by atoms with Gasteiger partial charge < -0.3 is 5.32 Å². The molecule has 0 radical (unpaired) electrons. The summed E-state index contributed by atoms with van der Waals surface area (Å²) in [7, 11) is 0. The Morgan fingerprint density at radius 1 is 1.04 bits per heavy atom. The normalized spacial score (nSPS) is 13.0. The zero-order valence-electron chi connectivity index (χ0n) is 14.1. The van der Waals surface area contributed by atoms with Gasteiger partial charge in [0.2, 0.25) is 5.91 Å². The highest BCUT2D eigenvalue weighted by molar-refractivity contribution is 7.14. The Hall–Kier alpha value is -2.74. The first-order valence-corrected chi connectivity index (χ1v) is 9.73. The van der Waals surface area contributed by atoms with E-state index in [-0.39, 0.29) is 6.54 Å². The standard InChI is InChI=1S/C19H11Cl2N3O3S/c20-10-5-6-14(21)13(7-10)15-9-28-19(22-15)23-16(25)8-24-17(26)11-3-1-2-4-12(11)18(24)27/h1-7,9H,8H2,(H,22,23,25). The molecule has 0 spiro atoms. The third-order valence-electron chi connectivity index (χ3n) is 4.13. The summed E-state index contributed by atoms with van der Waals surface area (Å²) in [5.74, 6) is -1.49. The smallest absolute Gasteiger partial charge is 0.262 e. The highest BCUT2D eigenvalue weighted by atomic mass is 35.5. The maximum Gasteiger partial charge on any atom is 0.262 e. The number of nitrogens with zero attached hydrogens (tertiary/aromatic N) is 2. The average Bonchev–Trinajstić information content (AvgIpc) is 3.23. The summed E-state index contributed by atoms with van der Waals surface area (Å²) in [4.78, 5) is 42.3. The number of nitrogens with one attached hydrogen (secondary N) is 1. The highest BCUT2D eigenvalue weighted by Crippen LogP contribution is 2.32. The highest BCUT2D eigenvalue weighted by Gasteiger charge is 2.36. The van der Waals surface area contributed by atoms with Crippen molar-refractivity contribution in [3.05, 3.63) is 69.0 Å². The lowest BCUT2D eigenvalue weighted by Gasteiger charge is -2.12. The van der Waals surface area contributed by atoms with E-state index in [9.17, 15) is 14.4 Å². The fourth-order valence-electron chi connectivity index (χ4n) is 2.83. The van der Waals surface area contributed by atoms with Crippen LogP contribution in [0.5, 0.6) is 0 Å². The molecule has 28 heavy (non-hydrogen) atoms. The molecule has 4 rings (SSSR count). The maximum absolute atomic E-state index is 12.3. The molecule has 1 aliphatic rings. The van der Waals surface area contributed by atoms with E-state index in [0.717, 1.165) is 4.90 Å². The van der Waals surface area contributed by atoms with Crippen molar-refractivity contribution in [2.75, 3.05) is 11.9 Å². The number of carbonyl (C=O) groups excluding carboxylic acids is 3. The van der Waals surface area contributed by atoms with Crippen molar-refractivity contribution in [1.29, 1.82) is 0 Å². The monoisotopic (exact) mass is 431 g/mol. The second kappa shape index (κ2) is 7.35. The minimum absolute atomic E-state index is 0.299. The lowest BCUT2D eigenvalue weighted by Crippen LogP contribution is -2.37. The minimum Gasteiger partial charge on any atom is -0.300 e. The van der Waals surface area contributed by atoms with Crippen molar-refractivity contribution in [2.24, 2.45) is 0 Å². The predicted octanol–water partition coefficient (Wildman–Crippen LogP) is 4.35. The summed E-state index contributed by atoms with van der Waals surface area (Å²) in [6.07, 6.45) is 0. The molecule has 0 bridgehead atoms. The van der Waals surface area contributed by atoms with Crippen LogP contribution < -0.4 is 5.32 Å². The summed E-state index contributed by atoms with van der Waals surface area (Å²) < 4.78 is 0. The molecule has 6 nitrogen and oxygen atoms in total. The lowest BCUT2D eigenvalue weighted by atomic mass is 10.1. The third kappa shape index (κ3) is 3.40. The Morgan fingerprint density at radius 3 is 2.39 bits per heavy atom. The van der Waals surface area contributed by atoms with Gasteiger partial charge in [-0.2, -0.15) is 0 Å². The molecule has 0 fully saturated rings. The molecule has 0 aliphatic carbocycles. The minimum atomic E-state index is -0.521. The van der Waals surface area contributed by atoms with Crippen LogP contribution >= 0.6 is 34.5 Å². The number of carbonyl (C=O) groups is 3. The molecule has 9 heteroatoms. The zero-order valence-corrected chi connectivity index (χ0v) is 16.4. The molecule has 0 saturated carbocycles. The van der Waals surface area contributed by atoms with Crippen molar-refractivity contribution >= 4 is 57.4 Å². The molecule has 1 N–H and O–H groups in total. The zero-order chi connectivity index (χ0) is 19.8. The second-order valence-corrected chi connectivity index (χ2v) is 7.65. The Bertz CT molecular complexity index is 1090. The van der Waals surface area contributed by atoms with Crippen LogP contribution in [-0.4, -0.2) is 34.2 Å². The number of thiazole rings is 1. The first-order chi connectivity index (χ1) is 13.4. The topological polar surface area (TPSA) is 79.4 Å². The van der Waals surface area contributed by atoms with Gasteiger partial charge in [-0.05, 0) is 30.3 Å².